The number of likely N-dealkylation sites (tertiary alicyclic amines) is 2. The Hall–Kier alpha value is -1.91. The summed E-state index contributed by atoms with van der Waals surface area (Å²) in [5.41, 5.74) is 0.243. The van der Waals surface area contributed by atoms with Gasteiger partial charge in [-0.05, 0) is 62.6 Å². The predicted molar refractivity (Wildman–Crippen MR) is 106 cm³/mol. The molecule has 1 saturated carbocycles. The van der Waals surface area contributed by atoms with E-state index < -0.39 is 5.41 Å². The van der Waals surface area contributed by atoms with Gasteiger partial charge in [-0.3, -0.25) is 9.59 Å². The number of carbonyl (C=O) groups excluding carboxylic acids is 2. The molecular formula is C23H31FN2O2. The SMILES string of the molecule is O=C(C1CCN(C(=O)C2(c3cccc(F)c3)CCCC2)CC1)N1CCCCC1. The van der Waals surface area contributed by atoms with Gasteiger partial charge in [0, 0.05) is 32.1 Å². The topological polar surface area (TPSA) is 40.6 Å². The summed E-state index contributed by atoms with van der Waals surface area (Å²) in [4.78, 5) is 30.3. The number of hydrogen-bond donors (Lipinski definition) is 0. The van der Waals surface area contributed by atoms with Crippen LogP contribution < -0.4 is 0 Å². The van der Waals surface area contributed by atoms with Crippen molar-refractivity contribution in [1.29, 1.82) is 0 Å². The maximum atomic E-state index is 13.8. The average molecular weight is 387 g/mol. The van der Waals surface area contributed by atoms with Gasteiger partial charge >= 0.3 is 0 Å². The molecule has 3 fully saturated rings. The molecule has 0 bridgehead atoms. The molecule has 1 aromatic rings. The molecular weight excluding hydrogens is 355 g/mol. The van der Waals surface area contributed by atoms with Crippen LogP contribution in [-0.2, 0) is 15.0 Å². The molecule has 1 aromatic carbocycles. The molecule has 0 spiro atoms. The van der Waals surface area contributed by atoms with Crippen LogP contribution in [0.2, 0.25) is 0 Å². The highest BCUT2D eigenvalue weighted by Crippen LogP contribution is 2.43. The van der Waals surface area contributed by atoms with Crippen molar-refractivity contribution in [3.8, 4) is 0 Å². The highest BCUT2D eigenvalue weighted by molar-refractivity contribution is 5.89. The third-order valence-corrected chi connectivity index (χ3v) is 7.04. The zero-order valence-electron chi connectivity index (χ0n) is 16.7. The van der Waals surface area contributed by atoms with Gasteiger partial charge < -0.3 is 9.80 Å². The van der Waals surface area contributed by atoms with Crippen molar-refractivity contribution >= 4 is 11.8 Å². The summed E-state index contributed by atoms with van der Waals surface area (Å²) < 4.78 is 13.8. The fourth-order valence-corrected chi connectivity index (χ4v) is 5.40. The summed E-state index contributed by atoms with van der Waals surface area (Å²) in [5.74, 6) is 0.199. The molecule has 2 aliphatic heterocycles. The summed E-state index contributed by atoms with van der Waals surface area (Å²) in [6, 6.07) is 6.59. The lowest BCUT2D eigenvalue weighted by molar-refractivity contribution is -0.144. The number of amides is 2. The summed E-state index contributed by atoms with van der Waals surface area (Å²) in [6.45, 7) is 3.06. The van der Waals surface area contributed by atoms with Crippen molar-refractivity contribution in [3.05, 3.63) is 35.6 Å². The zero-order chi connectivity index (χ0) is 19.6. The third kappa shape index (κ3) is 3.68. The number of carbonyl (C=O) groups is 2. The Labute approximate surface area is 167 Å². The van der Waals surface area contributed by atoms with Gasteiger partial charge in [-0.1, -0.05) is 25.0 Å². The zero-order valence-corrected chi connectivity index (χ0v) is 16.7. The quantitative estimate of drug-likeness (QED) is 0.791. The van der Waals surface area contributed by atoms with Gasteiger partial charge in [-0.25, -0.2) is 4.39 Å². The minimum Gasteiger partial charge on any atom is -0.342 e. The van der Waals surface area contributed by atoms with Crippen LogP contribution in [0.3, 0.4) is 0 Å². The second kappa shape index (κ2) is 8.22. The molecule has 28 heavy (non-hydrogen) atoms. The largest absolute Gasteiger partial charge is 0.342 e. The van der Waals surface area contributed by atoms with Crippen molar-refractivity contribution in [2.75, 3.05) is 26.2 Å². The fraction of sp³-hybridized carbons (Fsp3) is 0.652. The average Bonchev–Trinajstić information content (AvgIpc) is 3.25. The van der Waals surface area contributed by atoms with Crippen LogP contribution in [0.25, 0.3) is 0 Å². The second-order valence-corrected chi connectivity index (χ2v) is 8.75. The molecule has 152 valence electrons. The van der Waals surface area contributed by atoms with Crippen molar-refractivity contribution in [3.63, 3.8) is 0 Å². The molecule has 0 N–H and O–H groups in total. The minimum atomic E-state index is -0.578. The smallest absolute Gasteiger partial charge is 0.233 e. The van der Waals surface area contributed by atoms with Gasteiger partial charge in [0.15, 0.2) is 0 Å². The van der Waals surface area contributed by atoms with Crippen LogP contribution >= 0.6 is 0 Å². The van der Waals surface area contributed by atoms with Crippen LogP contribution in [0.15, 0.2) is 24.3 Å². The van der Waals surface area contributed by atoms with Gasteiger partial charge in [-0.15, -0.1) is 0 Å². The molecule has 5 heteroatoms. The number of halogens is 1. The highest BCUT2D eigenvalue weighted by atomic mass is 19.1. The third-order valence-electron chi connectivity index (χ3n) is 7.04. The normalized spacial score (nSPS) is 23.0. The van der Waals surface area contributed by atoms with E-state index in [1.807, 2.05) is 15.9 Å². The molecule has 1 aliphatic carbocycles. The Morgan fingerprint density at radius 3 is 2.21 bits per heavy atom. The Morgan fingerprint density at radius 2 is 1.57 bits per heavy atom. The second-order valence-electron chi connectivity index (χ2n) is 8.75. The Morgan fingerprint density at radius 1 is 0.893 bits per heavy atom. The molecule has 0 unspecified atom stereocenters. The first-order valence-electron chi connectivity index (χ1n) is 10.9. The fourth-order valence-electron chi connectivity index (χ4n) is 5.40. The number of benzene rings is 1. The minimum absolute atomic E-state index is 0.0517. The predicted octanol–water partition coefficient (Wildman–Crippen LogP) is 3.89. The van der Waals surface area contributed by atoms with E-state index in [2.05, 4.69) is 0 Å². The summed E-state index contributed by atoms with van der Waals surface area (Å²) in [6.07, 6.45) is 8.54. The van der Waals surface area contributed by atoms with Crippen LogP contribution in [0, 0.1) is 11.7 Å². The van der Waals surface area contributed by atoms with E-state index in [9.17, 15) is 14.0 Å². The number of piperidine rings is 2. The first kappa shape index (κ1) is 19.4. The van der Waals surface area contributed by atoms with Crippen LogP contribution in [0.1, 0.15) is 63.4 Å². The van der Waals surface area contributed by atoms with E-state index in [-0.39, 0.29) is 23.5 Å². The van der Waals surface area contributed by atoms with Crippen molar-refractivity contribution in [2.45, 2.75) is 63.2 Å². The van der Waals surface area contributed by atoms with Gasteiger partial charge in [0.25, 0.3) is 0 Å². The van der Waals surface area contributed by atoms with E-state index in [1.165, 1.54) is 18.6 Å². The van der Waals surface area contributed by atoms with E-state index in [4.69, 9.17) is 0 Å². The van der Waals surface area contributed by atoms with Crippen molar-refractivity contribution in [2.24, 2.45) is 5.92 Å². The Kier molecular flexibility index (Phi) is 5.70. The lowest BCUT2D eigenvalue weighted by Crippen LogP contribution is -2.50. The van der Waals surface area contributed by atoms with Crippen LogP contribution in [-0.4, -0.2) is 47.8 Å². The van der Waals surface area contributed by atoms with E-state index in [0.717, 1.165) is 70.0 Å². The van der Waals surface area contributed by atoms with Crippen molar-refractivity contribution < 1.29 is 14.0 Å². The maximum absolute atomic E-state index is 13.8. The number of hydrogen-bond acceptors (Lipinski definition) is 2. The lowest BCUT2D eigenvalue weighted by atomic mass is 9.77. The molecule has 4 nitrogen and oxygen atoms in total. The number of nitrogens with zero attached hydrogens (tertiary/aromatic N) is 2. The monoisotopic (exact) mass is 386 g/mol. The maximum Gasteiger partial charge on any atom is 0.233 e. The molecule has 3 aliphatic rings. The summed E-state index contributed by atoms with van der Waals surface area (Å²) in [5, 5.41) is 0. The van der Waals surface area contributed by atoms with Crippen molar-refractivity contribution in [1.82, 2.24) is 9.80 Å². The van der Waals surface area contributed by atoms with E-state index in [0.29, 0.717) is 13.1 Å². The molecule has 0 radical (unpaired) electrons. The Bertz CT molecular complexity index is 715. The summed E-state index contributed by atoms with van der Waals surface area (Å²) >= 11 is 0. The van der Waals surface area contributed by atoms with Gasteiger partial charge in [0.1, 0.15) is 5.82 Å². The molecule has 0 aromatic heterocycles. The molecule has 4 rings (SSSR count). The number of rotatable bonds is 3. The van der Waals surface area contributed by atoms with Crippen LogP contribution in [0.4, 0.5) is 4.39 Å². The standard InChI is InChI=1S/C23H31FN2O2/c24-20-8-6-7-19(17-20)23(11-2-3-12-23)22(28)26-15-9-18(10-16-26)21(27)25-13-4-1-5-14-25/h6-8,17-18H,1-5,9-16H2. The molecule has 2 amide bonds. The molecule has 2 saturated heterocycles. The first-order chi connectivity index (χ1) is 13.6. The first-order valence-corrected chi connectivity index (χ1v) is 10.9. The van der Waals surface area contributed by atoms with E-state index >= 15 is 0 Å². The Balaban J connectivity index is 1.43. The lowest BCUT2D eigenvalue weighted by Gasteiger charge is -2.39. The van der Waals surface area contributed by atoms with Gasteiger partial charge in [-0.2, -0.15) is 0 Å². The van der Waals surface area contributed by atoms with E-state index in [1.54, 1.807) is 6.07 Å². The molecule has 2 heterocycles. The van der Waals surface area contributed by atoms with Gasteiger partial charge in [0.2, 0.25) is 11.8 Å². The summed E-state index contributed by atoms with van der Waals surface area (Å²) in [7, 11) is 0. The van der Waals surface area contributed by atoms with Gasteiger partial charge in [0.05, 0.1) is 5.41 Å². The molecule has 0 atom stereocenters. The van der Waals surface area contributed by atoms with Crippen LogP contribution in [0.5, 0.6) is 0 Å². The highest BCUT2D eigenvalue weighted by Gasteiger charge is 2.46.